The summed E-state index contributed by atoms with van der Waals surface area (Å²) in [7, 11) is 0. The summed E-state index contributed by atoms with van der Waals surface area (Å²) in [5, 5.41) is 6.80. The van der Waals surface area contributed by atoms with Crippen molar-refractivity contribution in [2.45, 2.75) is 19.3 Å². The van der Waals surface area contributed by atoms with Crippen LogP contribution in [0.15, 0.2) is 23.9 Å². The largest absolute Gasteiger partial charge is 0.397 e. The molecule has 1 aliphatic heterocycles. The fraction of sp³-hybridized carbons (Fsp3) is 0.357. The van der Waals surface area contributed by atoms with Crippen LogP contribution in [0.4, 0.5) is 5.69 Å². The summed E-state index contributed by atoms with van der Waals surface area (Å²) in [6.07, 6.45) is 3.66. The summed E-state index contributed by atoms with van der Waals surface area (Å²) in [5.74, 6) is 0. The van der Waals surface area contributed by atoms with E-state index in [1.807, 2.05) is 12.3 Å². The standard InChI is InChI=1S/C14H19N5S/c1-3-19(4-2)14-18-12(8-20-14)11-7-17-13-10(11)5-9(15)6-16-13/h5-8,14,18H,3-4,15H2,1-2H3,(H,16,17). The number of anilines is 1. The molecule has 106 valence electrons. The number of nitrogens with two attached hydrogens (primary N) is 1. The number of fused-ring (bicyclic) bond motifs is 1. The van der Waals surface area contributed by atoms with E-state index in [0.717, 1.165) is 35.4 Å². The maximum absolute atomic E-state index is 5.84. The van der Waals surface area contributed by atoms with E-state index < -0.39 is 0 Å². The summed E-state index contributed by atoms with van der Waals surface area (Å²) < 4.78 is 0. The minimum absolute atomic E-state index is 0.305. The smallest absolute Gasteiger partial charge is 0.138 e. The number of nitrogens with zero attached hydrogens (tertiary/aromatic N) is 2. The van der Waals surface area contributed by atoms with Gasteiger partial charge in [0, 0.05) is 17.1 Å². The van der Waals surface area contributed by atoms with Gasteiger partial charge in [0.15, 0.2) is 0 Å². The Kier molecular flexibility index (Phi) is 3.58. The molecule has 0 aromatic carbocycles. The fourth-order valence-electron chi connectivity index (χ4n) is 2.45. The summed E-state index contributed by atoms with van der Waals surface area (Å²) in [6.45, 7) is 6.43. The van der Waals surface area contributed by atoms with Crippen LogP contribution in [-0.2, 0) is 0 Å². The van der Waals surface area contributed by atoms with Crippen molar-refractivity contribution in [1.82, 2.24) is 20.2 Å². The van der Waals surface area contributed by atoms with Gasteiger partial charge in [-0.2, -0.15) is 0 Å². The number of aromatic amines is 1. The van der Waals surface area contributed by atoms with E-state index >= 15 is 0 Å². The first kappa shape index (κ1) is 13.3. The SMILES string of the molecule is CCN(CC)C1NC(c2c[nH]c3ncc(N)cc23)=CS1. The molecule has 5 nitrogen and oxygen atoms in total. The predicted octanol–water partition coefficient (Wildman–Crippen LogP) is 2.41. The Hall–Kier alpha value is -1.66. The molecule has 1 unspecified atom stereocenters. The van der Waals surface area contributed by atoms with E-state index in [1.54, 1.807) is 18.0 Å². The van der Waals surface area contributed by atoms with E-state index in [9.17, 15) is 0 Å². The van der Waals surface area contributed by atoms with Crippen molar-refractivity contribution in [3.05, 3.63) is 29.4 Å². The lowest BCUT2D eigenvalue weighted by molar-refractivity contribution is 0.272. The van der Waals surface area contributed by atoms with E-state index in [0.29, 0.717) is 11.2 Å². The maximum Gasteiger partial charge on any atom is 0.138 e. The highest BCUT2D eigenvalue weighted by atomic mass is 32.2. The molecular weight excluding hydrogens is 270 g/mol. The molecule has 1 aliphatic rings. The average Bonchev–Trinajstić information content (AvgIpc) is 3.06. The zero-order valence-electron chi connectivity index (χ0n) is 11.7. The van der Waals surface area contributed by atoms with Gasteiger partial charge in [0.1, 0.15) is 11.1 Å². The highest BCUT2D eigenvalue weighted by Gasteiger charge is 2.23. The van der Waals surface area contributed by atoms with Crippen LogP contribution in [0, 0.1) is 0 Å². The second kappa shape index (κ2) is 5.38. The van der Waals surface area contributed by atoms with Crippen molar-refractivity contribution < 1.29 is 0 Å². The topological polar surface area (TPSA) is 70.0 Å². The monoisotopic (exact) mass is 289 g/mol. The predicted molar refractivity (Wildman–Crippen MR) is 85.9 cm³/mol. The summed E-state index contributed by atoms with van der Waals surface area (Å²) in [5.41, 5.74) is 9.95. The Morgan fingerprint density at radius 3 is 2.95 bits per heavy atom. The molecule has 0 aliphatic carbocycles. The lowest BCUT2D eigenvalue weighted by Crippen LogP contribution is -2.39. The van der Waals surface area contributed by atoms with Gasteiger partial charge in [-0.25, -0.2) is 4.98 Å². The van der Waals surface area contributed by atoms with Gasteiger partial charge >= 0.3 is 0 Å². The van der Waals surface area contributed by atoms with Gasteiger partial charge in [0.05, 0.1) is 17.6 Å². The number of nitrogen functional groups attached to an aromatic ring is 1. The van der Waals surface area contributed by atoms with E-state index in [-0.39, 0.29) is 0 Å². The van der Waals surface area contributed by atoms with Crippen molar-refractivity contribution >= 4 is 34.2 Å². The molecule has 4 N–H and O–H groups in total. The molecule has 3 heterocycles. The Balaban J connectivity index is 1.88. The molecule has 0 fully saturated rings. The van der Waals surface area contributed by atoms with Gasteiger partial charge in [0.25, 0.3) is 0 Å². The zero-order valence-corrected chi connectivity index (χ0v) is 12.5. The molecular formula is C14H19N5S. The first-order valence-corrected chi connectivity index (χ1v) is 7.76. The van der Waals surface area contributed by atoms with Crippen molar-refractivity contribution in [2.24, 2.45) is 0 Å². The second-order valence-corrected chi connectivity index (χ2v) is 5.71. The normalized spacial score (nSPS) is 18.6. The summed E-state index contributed by atoms with van der Waals surface area (Å²) >= 11 is 1.81. The van der Waals surface area contributed by atoms with E-state index in [4.69, 9.17) is 5.73 Å². The number of pyridine rings is 1. The van der Waals surface area contributed by atoms with Crippen LogP contribution < -0.4 is 11.1 Å². The van der Waals surface area contributed by atoms with Crippen molar-refractivity contribution in [3.8, 4) is 0 Å². The molecule has 3 rings (SSSR count). The number of nitrogens with one attached hydrogen (secondary N) is 2. The molecule has 0 radical (unpaired) electrons. The third kappa shape index (κ3) is 2.25. The number of aromatic nitrogens is 2. The number of hydrogen-bond acceptors (Lipinski definition) is 5. The molecule has 0 saturated heterocycles. The molecule has 20 heavy (non-hydrogen) atoms. The molecule has 0 bridgehead atoms. The van der Waals surface area contributed by atoms with Crippen LogP contribution in [0.25, 0.3) is 16.7 Å². The summed E-state index contributed by atoms with van der Waals surface area (Å²) in [4.78, 5) is 9.88. The van der Waals surface area contributed by atoms with Crippen LogP contribution in [0.1, 0.15) is 19.4 Å². The highest BCUT2D eigenvalue weighted by Crippen LogP contribution is 2.32. The van der Waals surface area contributed by atoms with Gasteiger partial charge < -0.3 is 16.0 Å². The second-order valence-electron chi connectivity index (χ2n) is 4.75. The Labute approximate surface area is 122 Å². The zero-order chi connectivity index (χ0) is 14.1. The first-order chi connectivity index (χ1) is 9.72. The van der Waals surface area contributed by atoms with Crippen LogP contribution in [0.2, 0.25) is 0 Å². The molecule has 0 saturated carbocycles. The number of thioether (sulfide) groups is 1. The number of rotatable bonds is 4. The van der Waals surface area contributed by atoms with Crippen LogP contribution in [0.5, 0.6) is 0 Å². The average molecular weight is 289 g/mol. The van der Waals surface area contributed by atoms with Gasteiger partial charge in [-0.05, 0) is 24.6 Å². The number of H-pyrrole nitrogens is 1. The quantitative estimate of drug-likeness (QED) is 0.806. The van der Waals surface area contributed by atoms with Crippen LogP contribution >= 0.6 is 11.8 Å². The van der Waals surface area contributed by atoms with Crippen molar-refractivity contribution in [3.63, 3.8) is 0 Å². The summed E-state index contributed by atoms with van der Waals surface area (Å²) in [6, 6.07) is 1.96. The Morgan fingerprint density at radius 1 is 1.40 bits per heavy atom. The van der Waals surface area contributed by atoms with Gasteiger partial charge in [-0.15, -0.1) is 0 Å². The highest BCUT2D eigenvalue weighted by molar-refractivity contribution is 8.03. The molecule has 2 aromatic rings. The van der Waals surface area contributed by atoms with E-state index in [2.05, 4.69) is 39.4 Å². The molecule has 6 heteroatoms. The lowest BCUT2D eigenvalue weighted by Gasteiger charge is -2.26. The van der Waals surface area contributed by atoms with Gasteiger partial charge in [-0.3, -0.25) is 4.90 Å². The fourth-order valence-corrected chi connectivity index (χ4v) is 3.58. The molecule has 2 aromatic heterocycles. The lowest BCUT2D eigenvalue weighted by atomic mass is 10.1. The molecule has 1 atom stereocenters. The minimum Gasteiger partial charge on any atom is -0.397 e. The van der Waals surface area contributed by atoms with Crippen LogP contribution in [0.3, 0.4) is 0 Å². The third-order valence-electron chi connectivity index (χ3n) is 3.58. The van der Waals surface area contributed by atoms with Crippen LogP contribution in [-0.4, -0.2) is 33.5 Å². The Bertz CT molecular complexity index is 644. The van der Waals surface area contributed by atoms with E-state index in [1.165, 1.54) is 0 Å². The third-order valence-corrected chi connectivity index (χ3v) is 4.63. The van der Waals surface area contributed by atoms with Crippen molar-refractivity contribution in [1.29, 1.82) is 0 Å². The van der Waals surface area contributed by atoms with Gasteiger partial charge in [-0.1, -0.05) is 25.6 Å². The molecule has 0 spiro atoms. The number of hydrogen-bond donors (Lipinski definition) is 3. The first-order valence-electron chi connectivity index (χ1n) is 6.82. The van der Waals surface area contributed by atoms with Gasteiger partial charge in [0.2, 0.25) is 0 Å². The minimum atomic E-state index is 0.305. The Morgan fingerprint density at radius 2 is 2.20 bits per heavy atom. The molecule has 0 amide bonds. The van der Waals surface area contributed by atoms with Crippen molar-refractivity contribution in [2.75, 3.05) is 18.8 Å². The maximum atomic E-state index is 5.84.